The minimum atomic E-state index is -0.807. The predicted molar refractivity (Wildman–Crippen MR) is 89.7 cm³/mol. The van der Waals surface area contributed by atoms with Crippen molar-refractivity contribution in [2.75, 3.05) is 20.2 Å². The molecular formula is C18H26N2O4. The number of esters is 1. The Morgan fingerprint density at radius 3 is 2.38 bits per heavy atom. The van der Waals surface area contributed by atoms with Gasteiger partial charge in [-0.1, -0.05) is 6.07 Å². The fourth-order valence-electron chi connectivity index (χ4n) is 3.12. The molecule has 2 rings (SSSR count). The van der Waals surface area contributed by atoms with Crippen molar-refractivity contribution in [1.29, 1.82) is 0 Å². The zero-order valence-electron chi connectivity index (χ0n) is 15.1. The topological polar surface area (TPSA) is 68.7 Å². The lowest BCUT2D eigenvalue weighted by Gasteiger charge is -2.40. The van der Waals surface area contributed by atoms with Gasteiger partial charge in [0.2, 0.25) is 0 Å². The molecule has 0 radical (unpaired) electrons. The number of piperidine rings is 1. The summed E-state index contributed by atoms with van der Waals surface area (Å²) in [7, 11) is 1.39. The van der Waals surface area contributed by atoms with E-state index in [1.165, 1.54) is 7.11 Å². The highest BCUT2D eigenvalue weighted by atomic mass is 16.6. The highest BCUT2D eigenvalue weighted by Crippen LogP contribution is 2.37. The van der Waals surface area contributed by atoms with Gasteiger partial charge in [-0.25, -0.2) is 4.79 Å². The van der Waals surface area contributed by atoms with Crippen molar-refractivity contribution < 1.29 is 19.1 Å². The van der Waals surface area contributed by atoms with Crippen LogP contribution in [0.5, 0.6) is 0 Å². The number of rotatable bonds is 2. The van der Waals surface area contributed by atoms with Crippen molar-refractivity contribution in [3.05, 3.63) is 29.6 Å². The summed E-state index contributed by atoms with van der Waals surface area (Å²) >= 11 is 0. The fraction of sp³-hybridized carbons (Fsp3) is 0.611. The van der Waals surface area contributed by atoms with Crippen LogP contribution in [0.15, 0.2) is 18.3 Å². The van der Waals surface area contributed by atoms with Gasteiger partial charge in [0.05, 0.1) is 12.8 Å². The Hall–Kier alpha value is -2.11. The molecule has 24 heavy (non-hydrogen) atoms. The molecule has 0 N–H and O–H groups in total. The monoisotopic (exact) mass is 334 g/mol. The average Bonchev–Trinajstić information content (AvgIpc) is 2.53. The third kappa shape index (κ3) is 3.68. The number of carbonyl (C=O) groups excluding carboxylic acids is 2. The Labute approximate surface area is 143 Å². The van der Waals surface area contributed by atoms with Gasteiger partial charge in [0.25, 0.3) is 0 Å². The van der Waals surface area contributed by atoms with E-state index in [0.717, 1.165) is 11.3 Å². The van der Waals surface area contributed by atoms with Crippen LogP contribution in [0.2, 0.25) is 0 Å². The number of amides is 1. The van der Waals surface area contributed by atoms with E-state index in [1.54, 1.807) is 11.1 Å². The van der Waals surface area contributed by atoms with E-state index < -0.39 is 11.0 Å². The third-order valence-corrected chi connectivity index (χ3v) is 4.31. The first kappa shape index (κ1) is 18.2. The minimum absolute atomic E-state index is 0.298. The standard InChI is InChI=1S/C18H26N2O4/c1-13-7-6-10-19-14(13)18(15(21)23-5)8-11-20(12-9-18)16(22)24-17(2,3)4/h6-7,10H,8-9,11-12H2,1-5H3. The second-order valence-electron chi connectivity index (χ2n) is 7.21. The van der Waals surface area contributed by atoms with Crippen molar-refractivity contribution in [2.45, 2.75) is 51.6 Å². The van der Waals surface area contributed by atoms with Gasteiger partial charge in [0, 0.05) is 19.3 Å². The van der Waals surface area contributed by atoms with Crippen LogP contribution in [0.1, 0.15) is 44.9 Å². The highest BCUT2D eigenvalue weighted by molar-refractivity contribution is 5.83. The summed E-state index contributed by atoms with van der Waals surface area (Å²) in [5, 5.41) is 0. The molecule has 132 valence electrons. The van der Waals surface area contributed by atoms with E-state index in [9.17, 15) is 9.59 Å². The van der Waals surface area contributed by atoms with Gasteiger partial charge in [-0.2, -0.15) is 0 Å². The van der Waals surface area contributed by atoms with Crippen LogP contribution in [0, 0.1) is 6.92 Å². The molecule has 0 atom stereocenters. The Bertz CT molecular complexity index is 614. The maximum atomic E-state index is 12.5. The molecule has 1 aliphatic heterocycles. The molecule has 0 unspecified atom stereocenters. The largest absolute Gasteiger partial charge is 0.468 e. The molecule has 0 aromatic carbocycles. The maximum absolute atomic E-state index is 12.5. The van der Waals surface area contributed by atoms with Gasteiger partial charge >= 0.3 is 12.1 Å². The molecule has 0 aliphatic carbocycles. The summed E-state index contributed by atoms with van der Waals surface area (Å²) in [6, 6.07) is 3.78. The number of carbonyl (C=O) groups is 2. The van der Waals surface area contributed by atoms with Crippen LogP contribution >= 0.6 is 0 Å². The number of hydrogen-bond donors (Lipinski definition) is 0. The Morgan fingerprint density at radius 1 is 1.25 bits per heavy atom. The first-order valence-electron chi connectivity index (χ1n) is 8.18. The molecule has 0 bridgehead atoms. The summed E-state index contributed by atoms with van der Waals surface area (Å²) < 4.78 is 10.5. The number of likely N-dealkylation sites (tertiary alicyclic amines) is 1. The number of aromatic nitrogens is 1. The van der Waals surface area contributed by atoms with Crippen LogP contribution in [0.3, 0.4) is 0 Å². The van der Waals surface area contributed by atoms with Crippen molar-refractivity contribution in [3.8, 4) is 0 Å². The van der Waals surface area contributed by atoms with Crippen molar-refractivity contribution >= 4 is 12.1 Å². The second-order valence-corrected chi connectivity index (χ2v) is 7.21. The smallest absolute Gasteiger partial charge is 0.410 e. The van der Waals surface area contributed by atoms with Crippen molar-refractivity contribution in [1.82, 2.24) is 9.88 Å². The van der Waals surface area contributed by atoms with Crippen molar-refractivity contribution in [3.63, 3.8) is 0 Å². The molecule has 1 amide bonds. The number of ether oxygens (including phenoxy) is 2. The summed E-state index contributed by atoms with van der Waals surface area (Å²) in [6.07, 6.45) is 2.28. The lowest BCUT2D eigenvalue weighted by atomic mass is 9.74. The van der Waals surface area contributed by atoms with Crippen molar-refractivity contribution in [2.24, 2.45) is 0 Å². The minimum Gasteiger partial charge on any atom is -0.468 e. The normalized spacial score (nSPS) is 17.3. The quantitative estimate of drug-likeness (QED) is 0.778. The summed E-state index contributed by atoms with van der Waals surface area (Å²) in [5.74, 6) is -0.298. The van der Waals surface area contributed by atoms with Crippen LogP contribution in [0.25, 0.3) is 0 Å². The van der Waals surface area contributed by atoms with E-state index >= 15 is 0 Å². The number of pyridine rings is 1. The number of aryl methyl sites for hydroxylation is 1. The molecule has 6 heteroatoms. The molecule has 0 spiro atoms. The molecular weight excluding hydrogens is 308 g/mol. The molecule has 1 fully saturated rings. The molecule has 0 saturated carbocycles. The first-order chi connectivity index (χ1) is 11.2. The summed E-state index contributed by atoms with van der Waals surface area (Å²) in [4.78, 5) is 30.9. The zero-order valence-corrected chi connectivity index (χ0v) is 15.1. The number of hydrogen-bond acceptors (Lipinski definition) is 5. The van der Waals surface area contributed by atoms with Crippen LogP contribution in [0.4, 0.5) is 4.79 Å². The van der Waals surface area contributed by atoms with E-state index in [4.69, 9.17) is 9.47 Å². The lowest BCUT2D eigenvalue weighted by Crippen LogP contribution is -2.51. The van der Waals surface area contributed by atoms with Crippen LogP contribution < -0.4 is 0 Å². The van der Waals surface area contributed by atoms with Gasteiger partial charge < -0.3 is 14.4 Å². The van der Waals surface area contributed by atoms with Gasteiger partial charge in [-0.3, -0.25) is 9.78 Å². The fourth-order valence-corrected chi connectivity index (χ4v) is 3.12. The molecule has 1 saturated heterocycles. The van der Waals surface area contributed by atoms with Gasteiger partial charge in [0.1, 0.15) is 11.0 Å². The molecule has 1 aromatic rings. The molecule has 1 aromatic heterocycles. The lowest BCUT2D eigenvalue weighted by molar-refractivity contribution is -0.150. The SMILES string of the molecule is COC(=O)C1(c2ncccc2C)CCN(C(=O)OC(C)(C)C)CC1. The van der Waals surface area contributed by atoms with Gasteiger partial charge in [-0.15, -0.1) is 0 Å². The predicted octanol–water partition coefficient (Wildman–Crippen LogP) is 2.83. The van der Waals surface area contributed by atoms with Gasteiger partial charge in [-0.05, 0) is 52.2 Å². The summed E-state index contributed by atoms with van der Waals surface area (Å²) in [6.45, 7) is 8.31. The van der Waals surface area contributed by atoms with E-state index in [1.807, 2.05) is 39.8 Å². The van der Waals surface area contributed by atoms with Crippen LogP contribution in [-0.2, 0) is 19.7 Å². The van der Waals surface area contributed by atoms with E-state index in [0.29, 0.717) is 25.9 Å². The van der Waals surface area contributed by atoms with E-state index in [2.05, 4.69) is 4.98 Å². The first-order valence-corrected chi connectivity index (χ1v) is 8.18. The Balaban J connectivity index is 2.22. The van der Waals surface area contributed by atoms with Gasteiger partial charge in [0.15, 0.2) is 0 Å². The second kappa shape index (κ2) is 6.79. The average molecular weight is 334 g/mol. The Kier molecular flexibility index (Phi) is 5.16. The molecule has 1 aliphatic rings. The summed E-state index contributed by atoms with van der Waals surface area (Å²) in [5.41, 5.74) is 0.346. The van der Waals surface area contributed by atoms with Crippen LogP contribution in [-0.4, -0.2) is 47.7 Å². The molecule has 2 heterocycles. The van der Waals surface area contributed by atoms with E-state index in [-0.39, 0.29) is 12.1 Å². The number of nitrogens with zero attached hydrogens (tertiary/aromatic N) is 2. The zero-order chi connectivity index (χ0) is 18.0. The Morgan fingerprint density at radius 2 is 1.88 bits per heavy atom. The maximum Gasteiger partial charge on any atom is 0.410 e. The molecule has 6 nitrogen and oxygen atoms in total. The number of methoxy groups -OCH3 is 1. The third-order valence-electron chi connectivity index (χ3n) is 4.31. The highest BCUT2D eigenvalue weighted by Gasteiger charge is 2.47.